The Labute approximate surface area is 191 Å². The van der Waals surface area contributed by atoms with E-state index in [-0.39, 0.29) is 0 Å². The number of benzene rings is 4. The molecule has 4 rings (SSSR count). The molecule has 0 heterocycles. The van der Waals surface area contributed by atoms with Gasteiger partial charge < -0.3 is 0 Å². The molecule has 0 spiro atoms. The van der Waals surface area contributed by atoms with Crippen molar-refractivity contribution >= 4 is 60.9 Å². The van der Waals surface area contributed by atoms with E-state index >= 15 is 0 Å². The molecule has 0 radical (unpaired) electrons. The molecule has 0 nitrogen and oxygen atoms in total. The van der Waals surface area contributed by atoms with Crippen molar-refractivity contribution in [1.82, 2.24) is 0 Å². The Morgan fingerprint density at radius 1 is 0.655 bits per heavy atom. The first-order valence-electron chi connectivity index (χ1n) is 9.39. The third-order valence-corrected chi connectivity index (χ3v) is 15.6. The quantitative estimate of drug-likeness (QED) is 0.222. The second-order valence-corrected chi connectivity index (χ2v) is 17.0. The van der Waals surface area contributed by atoms with Gasteiger partial charge in [0.15, 0.2) is 0 Å². The van der Waals surface area contributed by atoms with Crippen molar-refractivity contribution in [3.05, 3.63) is 120 Å². The molecular weight excluding hydrogens is 479 g/mol. The molecular formula is C25H21BrClPS. The van der Waals surface area contributed by atoms with E-state index in [4.69, 9.17) is 24.2 Å². The molecule has 0 aliphatic heterocycles. The van der Waals surface area contributed by atoms with Crippen molar-refractivity contribution in [1.29, 1.82) is 0 Å². The van der Waals surface area contributed by atoms with E-state index in [1.807, 2.05) is 18.2 Å². The third kappa shape index (κ3) is 3.68. The van der Waals surface area contributed by atoms with Crippen molar-refractivity contribution < 1.29 is 0 Å². The van der Waals surface area contributed by atoms with Crippen molar-refractivity contribution in [2.45, 2.75) is 11.1 Å². The van der Waals surface area contributed by atoms with E-state index in [1.54, 1.807) is 0 Å². The van der Waals surface area contributed by atoms with Crippen LogP contribution in [0.2, 0.25) is 5.02 Å². The zero-order valence-corrected chi connectivity index (χ0v) is 19.9. The number of rotatable bonds is 5. The molecule has 0 aliphatic rings. The maximum atomic E-state index is 6.39. The van der Waals surface area contributed by atoms with Gasteiger partial charge in [0, 0.05) is 0 Å². The summed E-state index contributed by atoms with van der Waals surface area (Å²) < 4.78 is 0. The van der Waals surface area contributed by atoms with E-state index in [0.29, 0.717) is 0 Å². The second kappa shape index (κ2) is 8.28. The van der Waals surface area contributed by atoms with Crippen LogP contribution < -0.4 is 15.9 Å². The molecule has 146 valence electrons. The standard InChI is InChI=1S/C25H21BrClPS/c26-28(22-10-4-1-5-11-22,23-12-6-2-7-13-23,24-14-8-3-9-15-24)19-20-18-21(27)16-17-25(20)29/h1-18,29H,19H2. The van der Waals surface area contributed by atoms with Gasteiger partial charge in [-0.15, -0.1) is 0 Å². The molecule has 4 aromatic carbocycles. The average Bonchev–Trinajstić information content (AvgIpc) is 2.78. The van der Waals surface area contributed by atoms with Gasteiger partial charge in [-0.05, 0) is 0 Å². The number of hydrogen-bond donors (Lipinski definition) is 1. The molecule has 0 fully saturated rings. The Morgan fingerprint density at radius 3 is 1.48 bits per heavy atom. The second-order valence-electron chi connectivity index (χ2n) is 7.12. The van der Waals surface area contributed by atoms with Crippen molar-refractivity contribution in [3.63, 3.8) is 0 Å². The molecule has 0 saturated carbocycles. The van der Waals surface area contributed by atoms with Gasteiger partial charge in [-0.25, -0.2) is 0 Å². The Balaban J connectivity index is 2.11. The average molecular weight is 500 g/mol. The summed E-state index contributed by atoms with van der Waals surface area (Å²) in [6.07, 6.45) is 0.781. The number of thiol groups is 1. The fourth-order valence-electron chi connectivity index (χ4n) is 3.94. The van der Waals surface area contributed by atoms with E-state index in [1.165, 1.54) is 15.9 Å². The molecule has 4 aromatic rings. The summed E-state index contributed by atoms with van der Waals surface area (Å²) in [7, 11) is 0. The first-order valence-corrected chi connectivity index (χ1v) is 14.7. The summed E-state index contributed by atoms with van der Waals surface area (Å²) >= 11 is 15.6. The van der Waals surface area contributed by atoms with Crippen LogP contribution in [0.15, 0.2) is 114 Å². The van der Waals surface area contributed by atoms with Crippen LogP contribution in [0.4, 0.5) is 0 Å². The molecule has 29 heavy (non-hydrogen) atoms. The zero-order chi connectivity index (χ0) is 20.3. The predicted molar refractivity (Wildman–Crippen MR) is 136 cm³/mol. The van der Waals surface area contributed by atoms with Gasteiger partial charge in [0.2, 0.25) is 0 Å². The van der Waals surface area contributed by atoms with Crippen LogP contribution in [-0.4, -0.2) is 0 Å². The summed E-state index contributed by atoms with van der Waals surface area (Å²) in [5, 5.41) is 1.54. The molecule has 0 bridgehead atoms. The molecule has 0 saturated heterocycles. The SMILES string of the molecule is Sc1ccc(Cl)cc1CP(Br)(c1ccccc1)(c1ccccc1)c1ccccc1. The van der Waals surface area contributed by atoms with E-state index in [9.17, 15) is 0 Å². The minimum atomic E-state index is -3.03. The predicted octanol–water partition coefficient (Wildman–Crippen LogP) is 6.97. The third-order valence-electron chi connectivity index (χ3n) is 5.39. The van der Waals surface area contributed by atoms with Crippen molar-refractivity contribution in [2.75, 3.05) is 0 Å². The van der Waals surface area contributed by atoms with Crippen LogP contribution in [0, 0.1) is 0 Å². The molecule has 0 aliphatic carbocycles. The molecule has 0 amide bonds. The Bertz CT molecular complexity index is 1020. The number of halogens is 2. The Morgan fingerprint density at radius 2 is 1.07 bits per heavy atom. The van der Waals surface area contributed by atoms with E-state index in [0.717, 1.165) is 21.6 Å². The van der Waals surface area contributed by atoms with Crippen LogP contribution in [-0.2, 0) is 6.16 Å². The van der Waals surface area contributed by atoms with Gasteiger partial charge in [-0.2, -0.15) is 0 Å². The summed E-state index contributed by atoms with van der Waals surface area (Å²) in [4.78, 5) is 0.950. The molecule has 0 atom stereocenters. The van der Waals surface area contributed by atoms with Crippen LogP contribution in [0.5, 0.6) is 0 Å². The summed E-state index contributed by atoms with van der Waals surface area (Å²) in [5.41, 5.74) is 1.13. The van der Waals surface area contributed by atoms with Gasteiger partial charge in [0.25, 0.3) is 0 Å². The van der Waals surface area contributed by atoms with Gasteiger partial charge in [0.1, 0.15) is 0 Å². The molecule has 0 N–H and O–H groups in total. The Hall–Kier alpha value is -1.57. The van der Waals surface area contributed by atoms with E-state index < -0.39 is 5.31 Å². The molecule has 4 heteroatoms. The van der Waals surface area contributed by atoms with Gasteiger partial charge in [-0.1, -0.05) is 0 Å². The summed E-state index contributed by atoms with van der Waals surface area (Å²) in [6.45, 7) is 0. The van der Waals surface area contributed by atoms with Crippen molar-refractivity contribution in [2.24, 2.45) is 0 Å². The van der Waals surface area contributed by atoms with Crippen molar-refractivity contribution in [3.8, 4) is 0 Å². The van der Waals surface area contributed by atoms with E-state index in [2.05, 4.69) is 106 Å². The van der Waals surface area contributed by atoms with Crippen LogP contribution in [0.3, 0.4) is 0 Å². The van der Waals surface area contributed by atoms with Gasteiger partial charge in [-0.3, -0.25) is 0 Å². The topological polar surface area (TPSA) is 0 Å². The minimum absolute atomic E-state index is 0.726. The monoisotopic (exact) mass is 498 g/mol. The van der Waals surface area contributed by atoms with Crippen LogP contribution in [0.25, 0.3) is 0 Å². The van der Waals surface area contributed by atoms with Gasteiger partial charge >= 0.3 is 192 Å². The number of hydrogen-bond acceptors (Lipinski definition) is 1. The first-order chi connectivity index (χ1) is 14.0. The molecule has 0 unspecified atom stereocenters. The fourth-order valence-corrected chi connectivity index (χ4v) is 12.1. The normalized spacial score (nSPS) is 12.9. The van der Waals surface area contributed by atoms with Gasteiger partial charge in [0.05, 0.1) is 0 Å². The van der Waals surface area contributed by atoms with Crippen LogP contribution in [0.1, 0.15) is 5.56 Å². The summed E-state index contributed by atoms with van der Waals surface area (Å²) in [5.74, 6) is 0. The van der Waals surface area contributed by atoms with Crippen LogP contribution >= 0.6 is 45.0 Å². The zero-order valence-electron chi connectivity index (χ0n) is 15.7. The Kier molecular flexibility index (Phi) is 5.91. The molecule has 0 aromatic heterocycles. The maximum absolute atomic E-state index is 6.39. The fraction of sp³-hybridized carbons (Fsp3) is 0.0400. The summed E-state index contributed by atoms with van der Waals surface area (Å²) in [6, 6.07) is 38.2. The first kappa shape index (κ1) is 20.7.